The highest BCUT2D eigenvalue weighted by Gasteiger charge is 2.42. The van der Waals surface area contributed by atoms with Crippen LogP contribution >= 0.6 is 0 Å². The van der Waals surface area contributed by atoms with E-state index in [1.165, 1.54) is 6.42 Å². The molecule has 5 heteroatoms. The quantitative estimate of drug-likeness (QED) is 0.778. The molecule has 3 nitrogen and oxygen atoms in total. The Labute approximate surface area is 100 Å². The van der Waals surface area contributed by atoms with Gasteiger partial charge in [0.25, 0.3) is 5.92 Å². The van der Waals surface area contributed by atoms with Gasteiger partial charge in [-0.15, -0.1) is 0 Å². The van der Waals surface area contributed by atoms with Crippen molar-refractivity contribution in [2.75, 3.05) is 6.54 Å². The fourth-order valence-corrected chi connectivity index (χ4v) is 2.71. The molecule has 2 N–H and O–H groups in total. The van der Waals surface area contributed by atoms with Gasteiger partial charge in [0.2, 0.25) is 5.91 Å². The molecule has 1 aliphatic heterocycles. The molecule has 1 aliphatic carbocycles. The van der Waals surface area contributed by atoms with Crippen molar-refractivity contribution in [1.82, 2.24) is 10.6 Å². The third-order valence-corrected chi connectivity index (χ3v) is 3.87. The van der Waals surface area contributed by atoms with Crippen molar-refractivity contribution in [2.24, 2.45) is 5.92 Å². The largest absolute Gasteiger partial charge is 0.352 e. The average molecular weight is 246 g/mol. The molecule has 3 unspecified atom stereocenters. The van der Waals surface area contributed by atoms with Gasteiger partial charge in [-0.2, -0.15) is 0 Å². The van der Waals surface area contributed by atoms with E-state index in [1.54, 1.807) is 0 Å². The van der Waals surface area contributed by atoms with E-state index in [-0.39, 0.29) is 24.9 Å². The molecule has 0 radical (unpaired) electrons. The molecule has 2 fully saturated rings. The van der Waals surface area contributed by atoms with Crippen molar-refractivity contribution in [3.63, 3.8) is 0 Å². The highest BCUT2D eigenvalue weighted by atomic mass is 19.3. The van der Waals surface area contributed by atoms with Crippen molar-refractivity contribution in [3.8, 4) is 0 Å². The molecular formula is C12H20F2N2O. The topological polar surface area (TPSA) is 41.1 Å². The van der Waals surface area contributed by atoms with Gasteiger partial charge in [-0.3, -0.25) is 10.1 Å². The first-order chi connectivity index (χ1) is 7.98. The lowest BCUT2D eigenvalue weighted by Gasteiger charge is -2.30. The molecule has 2 rings (SSSR count). The second kappa shape index (κ2) is 4.88. The van der Waals surface area contributed by atoms with Crippen LogP contribution in [0, 0.1) is 5.92 Å². The maximum Gasteiger partial charge on any atom is 0.262 e. The lowest BCUT2D eigenvalue weighted by molar-refractivity contribution is -0.124. The summed E-state index contributed by atoms with van der Waals surface area (Å²) in [5.74, 6) is -2.55. The second-order valence-corrected chi connectivity index (χ2v) is 5.37. The number of alkyl halides is 2. The third kappa shape index (κ3) is 3.15. The van der Waals surface area contributed by atoms with Crippen molar-refractivity contribution < 1.29 is 13.6 Å². The summed E-state index contributed by atoms with van der Waals surface area (Å²) in [6.07, 6.45) is 4.02. The summed E-state index contributed by atoms with van der Waals surface area (Å²) in [7, 11) is 0. The van der Waals surface area contributed by atoms with Gasteiger partial charge in [-0.05, 0) is 18.8 Å². The minimum atomic E-state index is -2.74. The molecule has 17 heavy (non-hydrogen) atoms. The summed E-state index contributed by atoms with van der Waals surface area (Å²) in [4.78, 5) is 11.8. The van der Waals surface area contributed by atoms with E-state index < -0.39 is 12.0 Å². The zero-order valence-electron chi connectivity index (χ0n) is 10.1. The molecule has 98 valence electrons. The molecule has 1 saturated heterocycles. The number of carbonyl (C=O) groups is 1. The number of hydrogen-bond donors (Lipinski definition) is 2. The summed E-state index contributed by atoms with van der Waals surface area (Å²) >= 11 is 0. The Kier molecular flexibility index (Phi) is 3.66. The van der Waals surface area contributed by atoms with Crippen LogP contribution in [0.25, 0.3) is 0 Å². The number of nitrogens with one attached hydrogen (secondary N) is 2. The minimum Gasteiger partial charge on any atom is -0.352 e. The van der Waals surface area contributed by atoms with Crippen LogP contribution in [0.1, 0.15) is 39.0 Å². The Balaban J connectivity index is 1.84. The summed E-state index contributed by atoms with van der Waals surface area (Å²) < 4.78 is 25.9. The fraction of sp³-hybridized carbons (Fsp3) is 0.917. The van der Waals surface area contributed by atoms with Crippen LogP contribution in [-0.2, 0) is 4.79 Å². The Bertz CT molecular complexity index is 296. The molecule has 2 aliphatic rings. The molecule has 0 aromatic rings. The number of amides is 1. The van der Waals surface area contributed by atoms with Gasteiger partial charge < -0.3 is 5.32 Å². The first-order valence-corrected chi connectivity index (χ1v) is 6.39. The molecule has 3 atom stereocenters. The van der Waals surface area contributed by atoms with Crippen LogP contribution in [0.4, 0.5) is 8.78 Å². The number of rotatable bonds is 2. The van der Waals surface area contributed by atoms with Crippen LogP contribution in [-0.4, -0.2) is 30.5 Å². The summed E-state index contributed by atoms with van der Waals surface area (Å²) in [5, 5.41) is 5.50. The Morgan fingerprint density at radius 1 is 1.35 bits per heavy atom. The monoisotopic (exact) mass is 246 g/mol. The average Bonchev–Trinajstić information content (AvgIpc) is 2.62. The molecule has 0 spiro atoms. The van der Waals surface area contributed by atoms with Crippen LogP contribution < -0.4 is 10.6 Å². The number of halogens is 2. The summed E-state index contributed by atoms with van der Waals surface area (Å²) in [5.41, 5.74) is 0. The zero-order chi connectivity index (χ0) is 12.5. The first kappa shape index (κ1) is 12.7. The van der Waals surface area contributed by atoms with Gasteiger partial charge in [0.05, 0.1) is 12.6 Å². The molecular weight excluding hydrogens is 226 g/mol. The van der Waals surface area contributed by atoms with Crippen molar-refractivity contribution in [1.29, 1.82) is 0 Å². The van der Waals surface area contributed by atoms with Gasteiger partial charge in [0.1, 0.15) is 0 Å². The molecule has 1 heterocycles. The van der Waals surface area contributed by atoms with E-state index in [4.69, 9.17) is 0 Å². The maximum absolute atomic E-state index is 13.0. The van der Waals surface area contributed by atoms with Crippen molar-refractivity contribution >= 4 is 5.91 Å². The van der Waals surface area contributed by atoms with Gasteiger partial charge in [0.15, 0.2) is 0 Å². The SMILES string of the molecule is CC1CCCCC1NC(=O)C1CC(F)(F)CN1. The Morgan fingerprint density at radius 3 is 2.65 bits per heavy atom. The van der Waals surface area contributed by atoms with E-state index in [0.717, 1.165) is 19.3 Å². The summed E-state index contributed by atoms with van der Waals surface area (Å²) in [6, 6.07) is -0.564. The predicted molar refractivity (Wildman–Crippen MR) is 60.9 cm³/mol. The Morgan fingerprint density at radius 2 is 2.06 bits per heavy atom. The number of hydrogen-bond acceptors (Lipinski definition) is 2. The van der Waals surface area contributed by atoms with Crippen LogP contribution in [0.2, 0.25) is 0 Å². The predicted octanol–water partition coefficient (Wildman–Crippen LogP) is 1.68. The highest BCUT2D eigenvalue weighted by molar-refractivity contribution is 5.82. The van der Waals surface area contributed by atoms with Crippen LogP contribution in [0.5, 0.6) is 0 Å². The van der Waals surface area contributed by atoms with Crippen molar-refractivity contribution in [3.05, 3.63) is 0 Å². The normalized spacial score (nSPS) is 36.8. The van der Waals surface area contributed by atoms with E-state index >= 15 is 0 Å². The fourth-order valence-electron chi connectivity index (χ4n) is 2.71. The van der Waals surface area contributed by atoms with Gasteiger partial charge in [-0.1, -0.05) is 19.8 Å². The lowest BCUT2D eigenvalue weighted by atomic mass is 9.86. The maximum atomic E-state index is 13.0. The summed E-state index contributed by atoms with van der Waals surface area (Å²) in [6.45, 7) is 1.73. The van der Waals surface area contributed by atoms with Crippen molar-refractivity contribution in [2.45, 2.75) is 57.0 Å². The highest BCUT2D eigenvalue weighted by Crippen LogP contribution is 2.27. The standard InChI is InChI=1S/C12H20F2N2O/c1-8-4-2-3-5-9(8)16-11(17)10-6-12(13,14)7-15-10/h8-10,15H,2-7H2,1H3,(H,16,17). The van der Waals surface area contributed by atoms with Crippen LogP contribution in [0.15, 0.2) is 0 Å². The zero-order valence-corrected chi connectivity index (χ0v) is 10.1. The van der Waals surface area contributed by atoms with E-state index in [0.29, 0.717) is 5.92 Å². The smallest absolute Gasteiger partial charge is 0.262 e. The lowest BCUT2D eigenvalue weighted by Crippen LogP contribution is -2.48. The molecule has 0 aromatic heterocycles. The van der Waals surface area contributed by atoms with Gasteiger partial charge >= 0.3 is 0 Å². The second-order valence-electron chi connectivity index (χ2n) is 5.37. The van der Waals surface area contributed by atoms with Gasteiger partial charge in [-0.25, -0.2) is 8.78 Å². The molecule has 0 bridgehead atoms. The molecule has 1 saturated carbocycles. The van der Waals surface area contributed by atoms with E-state index in [1.807, 2.05) is 0 Å². The van der Waals surface area contributed by atoms with Gasteiger partial charge in [0, 0.05) is 12.5 Å². The van der Waals surface area contributed by atoms with Crippen LogP contribution in [0.3, 0.4) is 0 Å². The molecule has 0 aromatic carbocycles. The first-order valence-electron chi connectivity index (χ1n) is 6.39. The van der Waals surface area contributed by atoms with E-state index in [9.17, 15) is 13.6 Å². The number of carbonyl (C=O) groups excluding carboxylic acids is 1. The Hall–Kier alpha value is -0.710. The molecule has 1 amide bonds. The third-order valence-electron chi connectivity index (χ3n) is 3.87. The van der Waals surface area contributed by atoms with E-state index in [2.05, 4.69) is 17.6 Å². The minimum absolute atomic E-state index is 0.160.